The first-order valence-corrected chi connectivity index (χ1v) is 8.64. The van der Waals surface area contributed by atoms with Gasteiger partial charge in [0.1, 0.15) is 5.60 Å². The van der Waals surface area contributed by atoms with E-state index in [0.29, 0.717) is 12.0 Å². The van der Waals surface area contributed by atoms with E-state index in [0.717, 1.165) is 19.0 Å². The minimum Gasteiger partial charge on any atom is -0.444 e. The number of ether oxygens (including phenoxy) is 1. The van der Waals surface area contributed by atoms with Crippen molar-refractivity contribution in [2.75, 3.05) is 13.1 Å². The molecule has 0 heterocycles. The van der Waals surface area contributed by atoms with E-state index in [1.165, 1.54) is 44.9 Å². The van der Waals surface area contributed by atoms with Crippen LogP contribution in [0.4, 0.5) is 4.79 Å². The zero-order valence-corrected chi connectivity index (χ0v) is 13.9. The van der Waals surface area contributed by atoms with Crippen LogP contribution in [0.15, 0.2) is 0 Å². The highest BCUT2D eigenvalue weighted by molar-refractivity contribution is 5.67. The largest absolute Gasteiger partial charge is 0.444 e. The maximum Gasteiger partial charge on any atom is 0.407 e. The van der Waals surface area contributed by atoms with Crippen molar-refractivity contribution in [3.05, 3.63) is 0 Å². The Morgan fingerprint density at radius 1 is 1.14 bits per heavy atom. The molecule has 2 unspecified atom stereocenters. The van der Waals surface area contributed by atoms with E-state index in [9.17, 15) is 4.79 Å². The number of amides is 1. The maximum absolute atomic E-state index is 11.8. The summed E-state index contributed by atoms with van der Waals surface area (Å²) in [4.78, 5) is 11.8. The zero-order valence-electron chi connectivity index (χ0n) is 13.9. The molecule has 2 rings (SSSR count). The molecule has 2 atom stereocenters. The van der Waals surface area contributed by atoms with E-state index in [1.807, 2.05) is 20.8 Å². The summed E-state index contributed by atoms with van der Waals surface area (Å²) in [5.41, 5.74) is -0.418. The predicted molar refractivity (Wildman–Crippen MR) is 85.3 cm³/mol. The highest BCUT2D eigenvalue weighted by Gasteiger charge is 2.27. The second kappa shape index (κ2) is 7.48. The van der Waals surface area contributed by atoms with E-state index in [-0.39, 0.29) is 6.09 Å². The predicted octanol–water partition coefficient (Wildman–Crippen LogP) is 3.46. The van der Waals surface area contributed by atoms with Crippen molar-refractivity contribution in [2.24, 2.45) is 11.8 Å². The Morgan fingerprint density at radius 3 is 2.52 bits per heavy atom. The molecule has 0 spiro atoms. The van der Waals surface area contributed by atoms with Gasteiger partial charge in [-0.1, -0.05) is 25.7 Å². The molecular formula is C17H32N2O2. The smallest absolute Gasteiger partial charge is 0.407 e. The fraction of sp³-hybridized carbons (Fsp3) is 0.941. The second-order valence-electron chi connectivity index (χ2n) is 7.72. The molecule has 0 radical (unpaired) electrons. The molecule has 122 valence electrons. The van der Waals surface area contributed by atoms with Crippen molar-refractivity contribution in [1.82, 2.24) is 10.6 Å². The Bertz CT molecular complexity index is 334. The first-order chi connectivity index (χ1) is 9.94. The van der Waals surface area contributed by atoms with Crippen molar-refractivity contribution in [3.8, 4) is 0 Å². The lowest BCUT2D eigenvalue weighted by molar-refractivity contribution is 0.0510. The van der Waals surface area contributed by atoms with Gasteiger partial charge in [-0.05, 0) is 58.4 Å². The highest BCUT2D eigenvalue weighted by Crippen LogP contribution is 2.32. The minimum atomic E-state index is -0.418. The number of hydrogen-bond acceptors (Lipinski definition) is 3. The van der Waals surface area contributed by atoms with Crippen LogP contribution in [-0.4, -0.2) is 30.8 Å². The number of hydrogen-bond donors (Lipinski definition) is 2. The lowest BCUT2D eigenvalue weighted by atomic mass is 9.84. The Balaban J connectivity index is 1.68. The topological polar surface area (TPSA) is 50.4 Å². The molecule has 4 heteroatoms. The van der Waals surface area contributed by atoms with Gasteiger partial charge >= 0.3 is 6.09 Å². The van der Waals surface area contributed by atoms with E-state index >= 15 is 0 Å². The van der Waals surface area contributed by atoms with Crippen LogP contribution in [0.2, 0.25) is 0 Å². The molecule has 2 saturated carbocycles. The summed E-state index contributed by atoms with van der Waals surface area (Å²) in [6.07, 6.45) is 8.92. The van der Waals surface area contributed by atoms with Crippen molar-refractivity contribution < 1.29 is 9.53 Å². The third kappa shape index (κ3) is 6.68. The molecule has 2 aliphatic rings. The molecule has 0 saturated heterocycles. The standard InChI is InChI=1S/C17H32N2O2/c1-17(2,3)21-16(20)19-12-14-6-4-5-7-15(14)18-11-10-13-8-9-13/h13-15,18H,4-12H2,1-3H3,(H,19,20). The van der Waals surface area contributed by atoms with Crippen LogP contribution < -0.4 is 10.6 Å². The summed E-state index contributed by atoms with van der Waals surface area (Å²) in [6, 6.07) is 0.562. The van der Waals surface area contributed by atoms with E-state index in [2.05, 4.69) is 10.6 Å². The SMILES string of the molecule is CC(C)(C)OC(=O)NCC1CCCCC1NCCC1CC1. The first kappa shape index (κ1) is 16.6. The fourth-order valence-electron chi connectivity index (χ4n) is 3.13. The summed E-state index contributed by atoms with van der Waals surface area (Å²) in [7, 11) is 0. The van der Waals surface area contributed by atoms with Gasteiger partial charge in [-0.3, -0.25) is 0 Å². The van der Waals surface area contributed by atoms with Crippen LogP contribution in [0.5, 0.6) is 0 Å². The summed E-state index contributed by atoms with van der Waals surface area (Å²) in [5, 5.41) is 6.67. The van der Waals surface area contributed by atoms with Gasteiger partial charge in [0.2, 0.25) is 0 Å². The third-order valence-electron chi connectivity index (χ3n) is 4.47. The van der Waals surface area contributed by atoms with Gasteiger partial charge < -0.3 is 15.4 Å². The molecule has 4 nitrogen and oxygen atoms in total. The minimum absolute atomic E-state index is 0.287. The Morgan fingerprint density at radius 2 is 1.86 bits per heavy atom. The van der Waals surface area contributed by atoms with Crippen LogP contribution >= 0.6 is 0 Å². The molecule has 2 aliphatic carbocycles. The number of alkyl carbamates (subject to hydrolysis) is 1. The number of nitrogens with one attached hydrogen (secondary N) is 2. The van der Waals surface area contributed by atoms with Gasteiger partial charge in [0.25, 0.3) is 0 Å². The summed E-state index contributed by atoms with van der Waals surface area (Å²) < 4.78 is 5.31. The van der Waals surface area contributed by atoms with Gasteiger partial charge in [0.05, 0.1) is 0 Å². The third-order valence-corrected chi connectivity index (χ3v) is 4.47. The molecule has 0 aromatic heterocycles. The maximum atomic E-state index is 11.8. The summed E-state index contributed by atoms with van der Waals surface area (Å²) in [5.74, 6) is 1.53. The Hall–Kier alpha value is -0.770. The monoisotopic (exact) mass is 296 g/mol. The second-order valence-corrected chi connectivity index (χ2v) is 7.72. The average Bonchev–Trinajstić information content (AvgIpc) is 3.20. The lowest BCUT2D eigenvalue weighted by Gasteiger charge is -2.33. The van der Waals surface area contributed by atoms with Crippen molar-refractivity contribution in [3.63, 3.8) is 0 Å². The van der Waals surface area contributed by atoms with Crippen LogP contribution in [0.3, 0.4) is 0 Å². The van der Waals surface area contributed by atoms with Crippen LogP contribution in [0.1, 0.15) is 65.7 Å². The lowest BCUT2D eigenvalue weighted by Crippen LogP contribution is -2.45. The number of carbonyl (C=O) groups excluding carboxylic acids is 1. The molecule has 0 aromatic rings. The summed E-state index contributed by atoms with van der Waals surface area (Å²) >= 11 is 0. The van der Waals surface area contributed by atoms with Gasteiger partial charge in [-0.15, -0.1) is 0 Å². The van der Waals surface area contributed by atoms with Gasteiger partial charge in [-0.25, -0.2) is 4.79 Å². The molecular weight excluding hydrogens is 264 g/mol. The van der Waals surface area contributed by atoms with Gasteiger partial charge in [0, 0.05) is 12.6 Å². The van der Waals surface area contributed by atoms with Crippen LogP contribution in [-0.2, 0) is 4.74 Å². The fourth-order valence-corrected chi connectivity index (χ4v) is 3.13. The van der Waals surface area contributed by atoms with Crippen molar-refractivity contribution in [1.29, 1.82) is 0 Å². The molecule has 1 amide bonds. The summed E-state index contributed by atoms with van der Waals surface area (Å²) in [6.45, 7) is 7.56. The van der Waals surface area contributed by atoms with Crippen LogP contribution in [0, 0.1) is 11.8 Å². The average molecular weight is 296 g/mol. The Labute approximate surface area is 129 Å². The van der Waals surface area contributed by atoms with E-state index in [4.69, 9.17) is 4.74 Å². The number of carbonyl (C=O) groups is 1. The Kier molecular flexibility index (Phi) is 5.91. The molecule has 2 fully saturated rings. The number of rotatable bonds is 6. The van der Waals surface area contributed by atoms with E-state index < -0.39 is 5.60 Å². The van der Waals surface area contributed by atoms with Crippen molar-refractivity contribution in [2.45, 2.75) is 77.4 Å². The van der Waals surface area contributed by atoms with E-state index in [1.54, 1.807) is 0 Å². The molecule has 0 aliphatic heterocycles. The van der Waals surface area contributed by atoms with Crippen LogP contribution in [0.25, 0.3) is 0 Å². The first-order valence-electron chi connectivity index (χ1n) is 8.64. The zero-order chi connectivity index (χ0) is 15.3. The van der Waals surface area contributed by atoms with Gasteiger partial charge in [0.15, 0.2) is 0 Å². The molecule has 0 bridgehead atoms. The van der Waals surface area contributed by atoms with Gasteiger partial charge in [-0.2, -0.15) is 0 Å². The quantitative estimate of drug-likeness (QED) is 0.789. The van der Waals surface area contributed by atoms with Crippen molar-refractivity contribution >= 4 is 6.09 Å². The molecule has 21 heavy (non-hydrogen) atoms. The normalized spacial score (nSPS) is 26.4. The molecule has 0 aromatic carbocycles. The highest BCUT2D eigenvalue weighted by atomic mass is 16.6. The molecule has 2 N–H and O–H groups in total.